The SMILES string of the molecule is CNC(=S)NCCC1CCOC1. The van der Waals surface area contributed by atoms with Crippen molar-refractivity contribution < 1.29 is 4.74 Å². The predicted octanol–water partition coefficient (Wildman–Crippen LogP) is 0.507. The third-order valence-corrected chi connectivity index (χ3v) is 2.44. The van der Waals surface area contributed by atoms with Gasteiger partial charge in [-0.2, -0.15) is 0 Å². The topological polar surface area (TPSA) is 33.3 Å². The van der Waals surface area contributed by atoms with E-state index in [1.165, 1.54) is 6.42 Å². The van der Waals surface area contributed by atoms with Crippen LogP contribution in [0.3, 0.4) is 0 Å². The van der Waals surface area contributed by atoms with Crippen LogP contribution in [0.25, 0.3) is 0 Å². The fourth-order valence-corrected chi connectivity index (χ4v) is 1.39. The second kappa shape index (κ2) is 5.32. The van der Waals surface area contributed by atoms with Crippen LogP contribution in [0, 0.1) is 5.92 Å². The van der Waals surface area contributed by atoms with Crippen LogP contribution in [0.1, 0.15) is 12.8 Å². The summed E-state index contributed by atoms with van der Waals surface area (Å²) in [6, 6.07) is 0. The van der Waals surface area contributed by atoms with Gasteiger partial charge in [-0.1, -0.05) is 0 Å². The number of thiocarbonyl (C=S) groups is 1. The lowest BCUT2D eigenvalue weighted by Crippen LogP contribution is -2.33. The summed E-state index contributed by atoms with van der Waals surface area (Å²) in [6.45, 7) is 2.81. The molecule has 1 rings (SSSR count). The Kier molecular flexibility index (Phi) is 4.32. The lowest BCUT2D eigenvalue weighted by molar-refractivity contribution is 0.184. The van der Waals surface area contributed by atoms with E-state index in [1.807, 2.05) is 7.05 Å². The molecule has 1 unspecified atom stereocenters. The Morgan fingerprint density at radius 2 is 2.50 bits per heavy atom. The quantitative estimate of drug-likeness (QED) is 0.632. The second-order valence-electron chi connectivity index (χ2n) is 3.02. The molecule has 1 saturated heterocycles. The fourth-order valence-electron chi connectivity index (χ4n) is 1.29. The predicted molar refractivity (Wildman–Crippen MR) is 53.2 cm³/mol. The first kappa shape index (κ1) is 9.74. The molecule has 0 aromatic heterocycles. The van der Waals surface area contributed by atoms with Crippen LogP contribution < -0.4 is 10.6 Å². The number of hydrogen-bond acceptors (Lipinski definition) is 2. The minimum atomic E-state index is 0.730. The van der Waals surface area contributed by atoms with Crippen molar-refractivity contribution in [1.29, 1.82) is 0 Å². The van der Waals surface area contributed by atoms with Crippen LogP contribution in [0.2, 0.25) is 0 Å². The third-order valence-electron chi connectivity index (χ3n) is 2.09. The molecule has 12 heavy (non-hydrogen) atoms. The summed E-state index contributed by atoms with van der Waals surface area (Å²) in [5.41, 5.74) is 0. The zero-order valence-corrected chi connectivity index (χ0v) is 8.25. The van der Waals surface area contributed by atoms with E-state index in [2.05, 4.69) is 10.6 Å². The molecule has 1 aliphatic heterocycles. The Balaban J connectivity index is 1.97. The fraction of sp³-hybridized carbons (Fsp3) is 0.875. The van der Waals surface area contributed by atoms with Gasteiger partial charge in [-0.25, -0.2) is 0 Å². The Morgan fingerprint density at radius 3 is 3.08 bits per heavy atom. The first-order valence-electron chi connectivity index (χ1n) is 4.36. The first-order valence-corrected chi connectivity index (χ1v) is 4.77. The largest absolute Gasteiger partial charge is 0.381 e. The Labute approximate surface area is 78.9 Å². The molecule has 1 atom stereocenters. The Bertz CT molecular complexity index is 146. The highest BCUT2D eigenvalue weighted by Crippen LogP contribution is 2.14. The molecule has 0 radical (unpaired) electrons. The Morgan fingerprint density at radius 1 is 1.67 bits per heavy atom. The molecule has 0 aromatic carbocycles. The molecule has 0 spiro atoms. The van der Waals surface area contributed by atoms with Crippen molar-refractivity contribution in [1.82, 2.24) is 10.6 Å². The molecule has 3 nitrogen and oxygen atoms in total. The van der Waals surface area contributed by atoms with Crippen LogP contribution in [0.5, 0.6) is 0 Å². The standard InChI is InChI=1S/C8H16N2OS/c1-9-8(12)10-4-2-7-3-5-11-6-7/h7H,2-6H2,1H3,(H2,9,10,12). The molecular weight excluding hydrogens is 172 g/mol. The molecule has 4 heteroatoms. The maximum atomic E-state index is 5.26. The van der Waals surface area contributed by atoms with Gasteiger partial charge in [0.2, 0.25) is 0 Å². The van der Waals surface area contributed by atoms with Gasteiger partial charge in [-0.15, -0.1) is 0 Å². The zero-order chi connectivity index (χ0) is 8.81. The number of ether oxygens (including phenoxy) is 1. The monoisotopic (exact) mass is 188 g/mol. The van der Waals surface area contributed by atoms with Gasteiger partial charge in [0, 0.05) is 26.8 Å². The molecule has 0 saturated carbocycles. The van der Waals surface area contributed by atoms with Crippen molar-refractivity contribution in [2.45, 2.75) is 12.8 Å². The van der Waals surface area contributed by atoms with Crippen LogP contribution in [-0.2, 0) is 4.74 Å². The smallest absolute Gasteiger partial charge is 0.166 e. The van der Waals surface area contributed by atoms with Gasteiger partial charge in [0.1, 0.15) is 0 Å². The average molecular weight is 188 g/mol. The van der Waals surface area contributed by atoms with Crippen LogP contribution in [0.15, 0.2) is 0 Å². The summed E-state index contributed by atoms with van der Waals surface area (Å²) >= 11 is 4.94. The van der Waals surface area contributed by atoms with Gasteiger partial charge < -0.3 is 15.4 Å². The highest BCUT2D eigenvalue weighted by atomic mass is 32.1. The van der Waals surface area contributed by atoms with Crippen LogP contribution in [0.4, 0.5) is 0 Å². The van der Waals surface area contributed by atoms with E-state index in [-0.39, 0.29) is 0 Å². The molecule has 70 valence electrons. The van der Waals surface area contributed by atoms with E-state index < -0.39 is 0 Å². The van der Waals surface area contributed by atoms with Gasteiger partial charge >= 0.3 is 0 Å². The van der Waals surface area contributed by atoms with Gasteiger partial charge in [0.05, 0.1) is 0 Å². The normalized spacial score (nSPS) is 22.2. The number of rotatable bonds is 3. The summed E-state index contributed by atoms with van der Waals surface area (Å²) in [6.07, 6.45) is 2.36. The van der Waals surface area contributed by atoms with E-state index in [0.29, 0.717) is 0 Å². The van der Waals surface area contributed by atoms with E-state index in [0.717, 1.165) is 37.2 Å². The van der Waals surface area contributed by atoms with Gasteiger partial charge in [-0.05, 0) is 31.0 Å². The van der Waals surface area contributed by atoms with Crippen molar-refractivity contribution in [3.05, 3.63) is 0 Å². The van der Waals surface area contributed by atoms with E-state index in [1.54, 1.807) is 0 Å². The minimum Gasteiger partial charge on any atom is -0.381 e. The molecule has 2 N–H and O–H groups in total. The van der Waals surface area contributed by atoms with Crippen molar-refractivity contribution in [2.24, 2.45) is 5.92 Å². The summed E-state index contributed by atoms with van der Waals surface area (Å²) in [5, 5.41) is 6.73. The van der Waals surface area contributed by atoms with Crippen LogP contribution in [-0.4, -0.2) is 31.9 Å². The summed E-state index contributed by atoms with van der Waals surface area (Å²) in [7, 11) is 1.83. The maximum Gasteiger partial charge on any atom is 0.166 e. The van der Waals surface area contributed by atoms with Gasteiger partial charge in [-0.3, -0.25) is 0 Å². The Hall–Kier alpha value is -0.350. The van der Waals surface area contributed by atoms with E-state index >= 15 is 0 Å². The van der Waals surface area contributed by atoms with E-state index in [4.69, 9.17) is 17.0 Å². The lowest BCUT2D eigenvalue weighted by atomic mass is 10.1. The zero-order valence-electron chi connectivity index (χ0n) is 7.43. The second-order valence-corrected chi connectivity index (χ2v) is 3.43. The number of nitrogens with one attached hydrogen (secondary N) is 2. The van der Waals surface area contributed by atoms with Crippen molar-refractivity contribution in [3.8, 4) is 0 Å². The minimum absolute atomic E-state index is 0.730. The lowest BCUT2D eigenvalue weighted by Gasteiger charge is -2.09. The van der Waals surface area contributed by atoms with Crippen LogP contribution >= 0.6 is 12.2 Å². The highest BCUT2D eigenvalue weighted by Gasteiger charge is 2.14. The van der Waals surface area contributed by atoms with Crippen molar-refractivity contribution >= 4 is 17.3 Å². The molecule has 1 heterocycles. The highest BCUT2D eigenvalue weighted by molar-refractivity contribution is 7.80. The molecule has 0 amide bonds. The molecule has 0 aromatic rings. The summed E-state index contributed by atoms with van der Waals surface area (Å²) in [4.78, 5) is 0. The molecule has 0 aliphatic carbocycles. The number of hydrogen-bond donors (Lipinski definition) is 2. The van der Waals surface area contributed by atoms with Gasteiger partial charge in [0.25, 0.3) is 0 Å². The van der Waals surface area contributed by atoms with Crippen molar-refractivity contribution in [3.63, 3.8) is 0 Å². The summed E-state index contributed by atoms with van der Waals surface area (Å²) < 4.78 is 5.26. The first-order chi connectivity index (χ1) is 5.83. The molecular formula is C8H16N2OS. The van der Waals surface area contributed by atoms with E-state index in [9.17, 15) is 0 Å². The molecule has 1 aliphatic rings. The summed E-state index contributed by atoms with van der Waals surface area (Å²) in [5.74, 6) is 0.733. The molecule has 1 fully saturated rings. The maximum absolute atomic E-state index is 5.26. The van der Waals surface area contributed by atoms with Gasteiger partial charge in [0.15, 0.2) is 5.11 Å². The average Bonchev–Trinajstić information content (AvgIpc) is 2.57. The molecule has 0 bridgehead atoms. The third kappa shape index (κ3) is 3.36. The van der Waals surface area contributed by atoms with Crippen molar-refractivity contribution in [2.75, 3.05) is 26.8 Å².